The highest BCUT2D eigenvalue weighted by molar-refractivity contribution is 5.94. The van der Waals surface area contributed by atoms with Crippen molar-refractivity contribution >= 4 is 23.2 Å². The topological polar surface area (TPSA) is 70.6 Å². The van der Waals surface area contributed by atoms with Gasteiger partial charge >= 0.3 is 0 Å². The summed E-state index contributed by atoms with van der Waals surface area (Å²) in [6, 6.07) is 9.85. The molecule has 2 aliphatic heterocycles. The molecule has 1 amide bonds. The monoisotopic (exact) mass is 353 g/mol. The van der Waals surface area contributed by atoms with Crippen molar-refractivity contribution in [1.82, 2.24) is 9.97 Å². The van der Waals surface area contributed by atoms with Gasteiger partial charge in [-0.2, -0.15) is 0 Å². The minimum atomic E-state index is -0.303. The largest absolute Gasteiger partial charge is 0.368 e. The average molecular weight is 353 g/mol. The van der Waals surface area contributed by atoms with Crippen LogP contribution in [0.2, 0.25) is 0 Å². The van der Waals surface area contributed by atoms with Gasteiger partial charge in [-0.05, 0) is 43.2 Å². The number of hydrogen-bond acceptors (Lipinski definition) is 6. The number of amides is 1. The molecule has 7 nitrogen and oxygen atoms in total. The van der Waals surface area contributed by atoms with Crippen molar-refractivity contribution < 1.29 is 9.53 Å². The van der Waals surface area contributed by atoms with Crippen LogP contribution in [-0.4, -0.2) is 54.8 Å². The zero-order valence-electron chi connectivity index (χ0n) is 14.7. The number of anilines is 3. The average Bonchev–Trinajstić information content (AvgIpc) is 3.25. The van der Waals surface area contributed by atoms with Crippen LogP contribution < -0.4 is 15.1 Å². The number of nitrogens with zero attached hydrogens (tertiary/aromatic N) is 4. The van der Waals surface area contributed by atoms with Crippen molar-refractivity contribution in [3.63, 3.8) is 0 Å². The Hall–Kier alpha value is -2.67. The van der Waals surface area contributed by atoms with Gasteiger partial charge in [0.25, 0.3) is 5.91 Å². The quantitative estimate of drug-likeness (QED) is 0.906. The van der Waals surface area contributed by atoms with Crippen molar-refractivity contribution in [2.45, 2.75) is 18.9 Å². The van der Waals surface area contributed by atoms with Crippen molar-refractivity contribution in [2.24, 2.45) is 0 Å². The van der Waals surface area contributed by atoms with Crippen molar-refractivity contribution in [2.75, 3.05) is 47.9 Å². The molecule has 3 heterocycles. The minimum Gasteiger partial charge on any atom is -0.368 e. The maximum Gasteiger partial charge on any atom is 0.253 e. The first-order chi connectivity index (χ1) is 12.8. The van der Waals surface area contributed by atoms with Crippen LogP contribution in [0.4, 0.5) is 17.3 Å². The molecule has 7 heteroatoms. The first-order valence-corrected chi connectivity index (χ1v) is 9.09. The Bertz CT molecular complexity index is 723. The van der Waals surface area contributed by atoms with E-state index in [-0.39, 0.29) is 12.0 Å². The Morgan fingerprint density at radius 2 is 1.73 bits per heavy atom. The second-order valence-electron chi connectivity index (χ2n) is 6.56. The molecule has 0 saturated carbocycles. The van der Waals surface area contributed by atoms with Gasteiger partial charge in [-0.25, -0.2) is 9.97 Å². The zero-order valence-corrected chi connectivity index (χ0v) is 14.7. The predicted octanol–water partition coefficient (Wildman–Crippen LogP) is 1.92. The summed E-state index contributed by atoms with van der Waals surface area (Å²) >= 11 is 0. The summed E-state index contributed by atoms with van der Waals surface area (Å²) in [6.45, 7) is 4.29. The van der Waals surface area contributed by atoms with E-state index in [0.29, 0.717) is 6.61 Å². The van der Waals surface area contributed by atoms with Crippen LogP contribution in [0.5, 0.6) is 0 Å². The third-order valence-electron chi connectivity index (χ3n) is 4.84. The van der Waals surface area contributed by atoms with Gasteiger partial charge in [-0.15, -0.1) is 0 Å². The summed E-state index contributed by atoms with van der Waals surface area (Å²) in [6.07, 6.45) is 5.01. The second kappa shape index (κ2) is 7.70. The van der Waals surface area contributed by atoms with E-state index in [1.165, 1.54) is 0 Å². The number of carbonyl (C=O) groups excluding carboxylic acids is 1. The van der Waals surface area contributed by atoms with Gasteiger partial charge < -0.3 is 19.9 Å². The molecular weight excluding hydrogens is 330 g/mol. The van der Waals surface area contributed by atoms with Gasteiger partial charge in [0, 0.05) is 56.6 Å². The number of aromatic nitrogens is 2. The summed E-state index contributed by atoms with van der Waals surface area (Å²) in [7, 11) is 0. The van der Waals surface area contributed by atoms with E-state index in [4.69, 9.17) is 4.74 Å². The van der Waals surface area contributed by atoms with Crippen LogP contribution >= 0.6 is 0 Å². The Kier molecular flexibility index (Phi) is 4.97. The molecule has 1 unspecified atom stereocenters. The lowest BCUT2D eigenvalue weighted by atomic mass is 10.2. The molecular formula is C19H23N5O2. The van der Waals surface area contributed by atoms with Crippen LogP contribution in [0.25, 0.3) is 0 Å². The SMILES string of the molecule is O=C(Nc1ccc(N2CCN(c3ncccn3)CC2)cc1)C1CCCO1. The molecule has 0 bridgehead atoms. The highest BCUT2D eigenvalue weighted by Gasteiger charge is 2.23. The van der Waals surface area contributed by atoms with Crippen molar-refractivity contribution in [1.29, 1.82) is 0 Å². The molecule has 0 spiro atoms. The lowest BCUT2D eigenvalue weighted by Gasteiger charge is -2.36. The minimum absolute atomic E-state index is 0.0493. The normalized spacial score (nSPS) is 20.2. The highest BCUT2D eigenvalue weighted by Crippen LogP contribution is 2.21. The maximum atomic E-state index is 12.1. The molecule has 4 rings (SSSR count). The van der Waals surface area contributed by atoms with E-state index >= 15 is 0 Å². The van der Waals surface area contributed by atoms with E-state index in [2.05, 4.69) is 37.2 Å². The number of carbonyl (C=O) groups is 1. The molecule has 1 N–H and O–H groups in total. The molecule has 0 aliphatic carbocycles. The van der Waals surface area contributed by atoms with Crippen LogP contribution in [0.1, 0.15) is 12.8 Å². The third-order valence-corrected chi connectivity index (χ3v) is 4.84. The molecule has 2 saturated heterocycles. The Morgan fingerprint density at radius 1 is 1.04 bits per heavy atom. The van der Waals surface area contributed by atoms with Crippen LogP contribution in [-0.2, 0) is 9.53 Å². The van der Waals surface area contributed by atoms with Gasteiger partial charge in [0.2, 0.25) is 5.95 Å². The Morgan fingerprint density at radius 3 is 2.38 bits per heavy atom. The molecule has 136 valence electrons. The fraction of sp³-hybridized carbons (Fsp3) is 0.421. The van der Waals surface area contributed by atoms with Gasteiger partial charge in [0.1, 0.15) is 6.10 Å². The lowest BCUT2D eigenvalue weighted by molar-refractivity contribution is -0.124. The van der Waals surface area contributed by atoms with E-state index < -0.39 is 0 Å². The number of benzene rings is 1. The van der Waals surface area contributed by atoms with E-state index in [0.717, 1.165) is 56.3 Å². The zero-order chi connectivity index (χ0) is 17.8. The standard InChI is InChI=1S/C19H23N5O2/c25-18(17-3-1-14-26-17)22-15-4-6-16(7-5-15)23-10-12-24(13-11-23)19-20-8-2-9-21-19/h2,4-9,17H,1,3,10-14H2,(H,22,25). The summed E-state index contributed by atoms with van der Waals surface area (Å²) in [5.41, 5.74) is 1.97. The van der Waals surface area contributed by atoms with Gasteiger partial charge in [-0.1, -0.05) is 0 Å². The number of ether oxygens (including phenoxy) is 1. The van der Waals surface area contributed by atoms with Crippen molar-refractivity contribution in [3.8, 4) is 0 Å². The summed E-state index contributed by atoms with van der Waals surface area (Å²) in [4.78, 5) is 25.3. The van der Waals surface area contributed by atoms with Crippen LogP contribution in [0, 0.1) is 0 Å². The van der Waals surface area contributed by atoms with Gasteiger partial charge in [0.05, 0.1) is 0 Å². The lowest BCUT2D eigenvalue weighted by Crippen LogP contribution is -2.47. The number of nitrogens with one attached hydrogen (secondary N) is 1. The Balaban J connectivity index is 1.32. The van der Waals surface area contributed by atoms with E-state index in [1.54, 1.807) is 12.4 Å². The second-order valence-corrected chi connectivity index (χ2v) is 6.56. The predicted molar refractivity (Wildman–Crippen MR) is 101 cm³/mol. The summed E-state index contributed by atoms with van der Waals surface area (Å²) in [5, 5.41) is 2.94. The maximum absolute atomic E-state index is 12.1. The number of rotatable bonds is 4. The van der Waals surface area contributed by atoms with Gasteiger partial charge in [0.15, 0.2) is 0 Å². The molecule has 1 aromatic carbocycles. The number of hydrogen-bond donors (Lipinski definition) is 1. The van der Waals surface area contributed by atoms with Crippen LogP contribution in [0.3, 0.4) is 0 Å². The first kappa shape index (κ1) is 16.8. The third kappa shape index (κ3) is 3.77. The fourth-order valence-corrected chi connectivity index (χ4v) is 3.38. The highest BCUT2D eigenvalue weighted by atomic mass is 16.5. The molecule has 1 aromatic heterocycles. The van der Waals surface area contributed by atoms with Crippen molar-refractivity contribution in [3.05, 3.63) is 42.7 Å². The van der Waals surface area contributed by atoms with Gasteiger partial charge in [-0.3, -0.25) is 4.79 Å². The molecule has 2 aliphatic rings. The molecule has 26 heavy (non-hydrogen) atoms. The Labute approximate surface area is 153 Å². The first-order valence-electron chi connectivity index (χ1n) is 9.09. The molecule has 1 atom stereocenters. The number of piperazine rings is 1. The molecule has 2 fully saturated rings. The fourth-order valence-electron chi connectivity index (χ4n) is 3.38. The molecule has 0 radical (unpaired) electrons. The van der Waals surface area contributed by atoms with E-state index in [9.17, 15) is 4.79 Å². The molecule has 2 aromatic rings. The van der Waals surface area contributed by atoms with E-state index in [1.807, 2.05) is 18.2 Å². The smallest absolute Gasteiger partial charge is 0.253 e. The summed E-state index contributed by atoms with van der Waals surface area (Å²) < 4.78 is 5.42. The summed E-state index contributed by atoms with van der Waals surface area (Å²) in [5.74, 6) is 0.742. The van der Waals surface area contributed by atoms with Crippen LogP contribution in [0.15, 0.2) is 42.7 Å².